The largest absolute Gasteiger partial charge is 0.309 e. The predicted octanol–water partition coefficient (Wildman–Crippen LogP) is 15.3. The number of rotatable bonds is 4. The van der Waals surface area contributed by atoms with Gasteiger partial charge in [-0.3, -0.25) is 0 Å². The molecule has 0 bridgehead atoms. The normalized spacial score (nSPS) is 13.2. The summed E-state index contributed by atoms with van der Waals surface area (Å²) < 4.78 is 5.08. The van der Waals surface area contributed by atoms with Crippen molar-refractivity contribution in [3.63, 3.8) is 0 Å². The molecule has 0 aliphatic heterocycles. The van der Waals surface area contributed by atoms with Crippen LogP contribution in [0.4, 0.5) is 0 Å². The summed E-state index contributed by atoms with van der Waals surface area (Å²) in [6.45, 7) is 30.4. The summed E-state index contributed by atoms with van der Waals surface area (Å²) in [5, 5.41) is 5.28. The van der Waals surface area contributed by atoms with Crippen molar-refractivity contribution in [3.05, 3.63) is 143 Å². The van der Waals surface area contributed by atoms with Crippen LogP contribution in [0.5, 0.6) is 0 Å². The molecule has 0 aliphatic rings. The first-order valence-electron chi connectivity index (χ1n) is 20.7. The summed E-state index contributed by atoms with van der Waals surface area (Å²) in [6.07, 6.45) is 0.998. The Hall–Kier alpha value is -5.08. The van der Waals surface area contributed by atoms with Gasteiger partial charge in [-0.25, -0.2) is 0 Å². The molecule has 2 heteroatoms. The highest BCUT2D eigenvalue weighted by molar-refractivity contribution is 6.19. The highest BCUT2D eigenvalue weighted by atomic mass is 15.0. The second-order valence-corrected chi connectivity index (χ2v) is 20.3. The van der Waals surface area contributed by atoms with Crippen LogP contribution in [0.1, 0.15) is 118 Å². The van der Waals surface area contributed by atoms with E-state index in [4.69, 9.17) is 0 Å². The molecule has 0 N–H and O–H groups in total. The zero-order valence-electron chi connectivity index (χ0n) is 36.1. The van der Waals surface area contributed by atoms with Crippen molar-refractivity contribution in [3.8, 4) is 22.5 Å². The third-order valence-electron chi connectivity index (χ3n) is 12.0. The summed E-state index contributed by atoms with van der Waals surface area (Å²) in [4.78, 5) is 0. The van der Waals surface area contributed by atoms with E-state index in [0.717, 1.165) is 6.42 Å². The van der Waals surface area contributed by atoms with Crippen LogP contribution in [0, 0.1) is 0 Å². The smallest absolute Gasteiger partial charge is 0.0547 e. The third-order valence-corrected chi connectivity index (χ3v) is 12.0. The van der Waals surface area contributed by atoms with Crippen LogP contribution >= 0.6 is 0 Å². The van der Waals surface area contributed by atoms with E-state index in [1.165, 1.54) is 93.9 Å². The molecule has 0 amide bonds. The molecule has 8 rings (SSSR count). The molecule has 0 fully saturated rings. The van der Waals surface area contributed by atoms with E-state index in [1.54, 1.807) is 0 Å². The van der Waals surface area contributed by atoms with Crippen LogP contribution in [-0.2, 0) is 28.1 Å². The molecule has 2 heterocycles. The second-order valence-electron chi connectivity index (χ2n) is 20.3. The van der Waals surface area contributed by atoms with Crippen LogP contribution < -0.4 is 0 Å². The molecule has 0 atom stereocenters. The zero-order valence-corrected chi connectivity index (χ0v) is 36.1. The lowest BCUT2D eigenvalue weighted by atomic mass is 9.81. The summed E-state index contributed by atoms with van der Waals surface area (Å²) >= 11 is 0. The molecule has 286 valence electrons. The number of aromatic nitrogens is 2. The lowest BCUT2D eigenvalue weighted by molar-refractivity contribution is 0.589. The molecule has 0 saturated heterocycles. The Balaban J connectivity index is 1.57. The summed E-state index contributed by atoms with van der Waals surface area (Å²) in [6, 6.07) is 44.4. The summed E-state index contributed by atoms with van der Waals surface area (Å²) in [7, 11) is 0. The molecule has 0 spiro atoms. The minimum atomic E-state index is -0.195. The second kappa shape index (κ2) is 13.0. The molecule has 2 nitrogen and oxygen atoms in total. The number of nitrogens with zero attached hydrogens (tertiary/aromatic N) is 2. The van der Waals surface area contributed by atoms with Crippen LogP contribution in [0.3, 0.4) is 0 Å². The van der Waals surface area contributed by atoms with Crippen LogP contribution in [-0.4, -0.2) is 9.13 Å². The van der Waals surface area contributed by atoms with Gasteiger partial charge in [-0.05, 0) is 122 Å². The Morgan fingerprint density at radius 2 is 0.982 bits per heavy atom. The van der Waals surface area contributed by atoms with Gasteiger partial charge >= 0.3 is 0 Å². The molecule has 6 aromatic carbocycles. The van der Waals surface area contributed by atoms with Crippen molar-refractivity contribution in [2.45, 2.75) is 118 Å². The number of aryl methyl sites for hydroxylation is 1. The lowest BCUT2D eigenvalue weighted by Crippen LogP contribution is -2.16. The first-order chi connectivity index (χ1) is 26.3. The van der Waals surface area contributed by atoms with Gasteiger partial charge < -0.3 is 9.13 Å². The van der Waals surface area contributed by atoms with Crippen molar-refractivity contribution >= 4 is 43.6 Å². The maximum Gasteiger partial charge on any atom is 0.0547 e. The molecule has 0 unspecified atom stereocenters. The van der Waals surface area contributed by atoms with Gasteiger partial charge in [0.1, 0.15) is 0 Å². The van der Waals surface area contributed by atoms with E-state index in [0.29, 0.717) is 0 Å². The van der Waals surface area contributed by atoms with E-state index in [-0.39, 0.29) is 21.7 Å². The van der Waals surface area contributed by atoms with Crippen LogP contribution in [0.15, 0.2) is 115 Å². The van der Waals surface area contributed by atoms with E-state index >= 15 is 0 Å². The molecule has 0 aliphatic carbocycles. The topological polar surface area (TPSA) is 9.86 Å². The molecular weight excluding hydrogens is 677 g/mol. The maximum atomic E-state index is 2.58. The van der Waals surface area contributed by atoms with Crippen molar-refractivity contribution in [1.29, 1.82) is 0 Å². The number of hydrogen-bond acceptors (Lipinski definition) is 0. The molecule has 0 saturated carbocycles. The quantitative estimate of drug-likeness (QED) is 0.170. The van der Waals surface area contributed by atoms with Gasteiger partial charge in [0, 0.05) is 27.2 Å². The highest BCUT2D eigenvalue weighted by Crippen LogP contribution is 2.47. The van der Waals surface area contributed by atoms with Gasteiger partial charge in [-0.2, -0.15) is 0 Å². The average Bonchev–Trinajstić information content (AvgIpc) is 3.65. The van der Waals surface area contributed by atoms with Crippen molar-refractivity contribution < 1.29 is 0 Å². The predicted molar refractivity (Wildman–Crippen MR) is 245 cm³/mol. The number of benzene rings is 6. The van der Waals surface area contributed by atoms with Gasteiger partial charge in [0.15, 0.2) is 0 Å². The summed E-state index contributed by atoms with van der Waals surface area (Å²) in [5.41, 5.74) is 16.7. The average molecular weight is 737 g/mol. The maximum absolute atomic E-state index is 2.58. The SMILES string of the molecule is CCc1cc(-c2cccc3c2c2c(C(C)(C)C)c(-n4c5ccc(C(C)(C)C)cc5c5cc(C(C)(C)C)ccc54)ccc2n3-c2ccccc2)cc(C(C)(C)C)c1. The number of para-hydroxylation sites is 1. The number of hydrogen-bond donors (Lipinski definition) is 0. The lowest BCUT2D eigenvalue weighted by Gasteiger charge is -2.27. The molecule has 56 heavy (non-hydrogen) atoms. The summed E-state index contributed by atoms with van der Waals surface area (Å²) in [5.74, 6) is 0. The van der Waals surface area contributed by atoms with E-state index in [2.05, 4.69) is 214 Å². The minimum Gasteiger partial charge on any atom is -0.309 e. The Bertz CT molecular complexity index is 2720. The van der Waals surface area contributed by atoms with E-state index in [1.807, 2.05) is 0 Å². The Morgan fingerprint density at radius 3 is 1.52 bits per heavy atom. The van der Waals surface area contributed by atoms with Gasteiger partial charge in [0.25, 0.3) is 0 Å². The minimum absolute atomic E-state index is 0.0336. The first-order valence-corrected chi connectivity index (χ1v) is 20.7. The van der Waals surface area contributed by atoms with Crippen LogP contribution in [0.2, 0.25) is 0 Å². The first kappa shape index (κ1) is 37.8. The monoisotopic (exact) mass is 736 g/mol. The fraction of sp³-hybridized carbons (Fsp3) is 0.333. The van der Waals surface area contributed by atoms with Crippen molar-refractivity contribution in [1.82, 2.24) is 9.13 Å². The number of fused-ring (bicyclic) bond motifs is 6. The van der Waals surface area contributed by atoms with Gasteiger partial charge in [0.05, 0.1) is 27.8 Å². The fourth-order valence-electron chi connectivity index (χ4n) is 8.88. The highest BCUT2D eigenvalue weighted by Gasteiger charge is 2.30. The van der Waals surface area contributed by atoms with Crippen LogP contribution in [0.25, 0.3) is 66.1 Å². The van der Waals surface area contributed by atoms with Gasteiger partial charge in [-0.1, -0.05) is 151 Å². The van der Waals surface area contributed by atoms with E-state index in [9.17, 15) is 0 Å². The molecule has 2 aromatic heterocycles. The van der Waals surface area contributed by atoms with E-state index < -0.39 is 0 Å². The fourth-order valence-corrected chi connectivity index (χ4v) is 8.88. The molecule has 0 radical (unpaired) electrons. The Morgan fingerprint density at radius 1 is 0.429 bits per heavy atom. The standard InChI is InChI=1S/C54H60N2/c1-14-34-29-35(31-38(30-34)53(8,9)10)40-21-18-22-45-48(40)49-46(55(45)39-19-16-15-17-20-39)27-28-47(50(49)54(11,12)13)56-43-25-23-36(51(2,3)4)32-41(43)42-33-37(52(5,6)7)24-26-44(42)56/h15-33H,14H2,1-13H3. The molecule has 8 aromatic rings. The third kappa shape index (κ3) is 6.26. The molecular formula is C54H60N2. The Labute approximate surface area is 335 Å². The zero-order chi connectivity index (χ0) is 40.1. The van der Waals surface area contributed by atoms with Gasteiger partial charge in [-0.15, -0.1) is 0 Å². The van der Waals surface area contributed by atoms with Crippen molar-refractivity contribution in [2.75, 3.05) is 0 Å². The van der Waals surface area contributed by atoms with Gasteiger partial charge in [0.2, 0.25) is 0 Å². The van der Waals surface area contributed by atoms with Crippen molar-refractivity contribution in [2.24, 2.45) is 0 Å². The Kier molecular flexibility index (Phi) is 8.77.